The molecule has 29 heavy (non-hydrogen) atoms. The van der Waals surface area contributed by atoms with Gasteiger partial charge in [0.05, 0.1) is 25.9 Å². The molecule has 0 aliphatic rings. The molecule has 0 saturated carbocycles. The van der Waals surface area contributed by atoms with Crippen LogP contribution in [0.1, 0.15) is 55.5 Å². The number of benzene rings is 2. The third kappa shape index (κ3) is 7.28. The number of nitrogens with one attached hydrogen (secondary N) is 1. The van der Waals surface area contributed by atoms with E-state index in [0.29, 0.717) is 36.8 Å². The first kappa shape index (κ1) is 23.1. The highest BCUT2D eigenvalue weighted by atomic mass is 79.9. The van der Waals surface area contributed by atoms with E-state index in [1.807, 2.05) is 30.3 Å². The van der Waals surface area contributed by atoms with Gasteiger partial charge in [-0.3, -0.25) is 4.79 Å². The summed E-state index contributed by atoms with van der Waals surface area (Å²) in [5.41, 5.74) is 1.45. The number of carbonyl (C=O) groups excluding carboxylic acids is 1. The lowest BCUT2D eigenvalue weighted by molar-refractivity contribution is 0.0946. The quantitative estimate of drug-likeness (QED) is 0.407. The highest BCUT2D eigenvalue weighted by Gasteiger charge is 2.14. The number of carbonyl (C=O) groups is 1. The first-order valence-corrected chi connectivity index (χ1v) is 10.9. The second-order valence-electron chi connectivity index (χ2n) is 6.71. The molecule has 5 nitrogen and oxygen atoms in total. The zero-order valence-corrected chi connectivity index (χ0v) is 19.0. The lowest BCUT2D eigenvalue weighted by Gasteiger charge is -2.14. The zero-order valence-electron chi connectivity index (χ0n) is 17.4. The van der Waals surface area contributed by atoms with Gasteiger partial charge in [0.15, 0.2) is 11.5 Å². The molecule has 0 aliphatic carbocycles. The van der Waals surface area contributed by atoms with Gasteiger partial charge in [-0.25, -0.2) is 0 Å². The Morgan fingerprint density at radius 2 is 1.59 bits per heavy atom. The number of amides is 1. The molecule has 1 N–H and O–H groups in total. The summed E-state index contributed by atoms with van der Waals surface area (Å²) in [7, 11) is 1.62. The molecule has 0 aliphatic heterocycles. The molecule has 0 aromatic heterocycles. The molecule has 0 atom stereocenters. The molecule has 158 valence electrons. The van der Waals surface area contributed by atoms with Crippen molar-refractivity contribution in [3.8, 4) is 17.2 Å². The van der Waals surface area contributed by atoms with Gasteiger partial charge in [-0.15, -0.1) is 0 Å². The average Bonchev–Trinajstić information content (AvgIpc) is 2.73. The Labute approximate surface area is 181 Å². The number of methoxy groups -OCH3 is 1. The molecule has 2 aromatic rings. The summed E-state index contributed by atoms with van der Waals surface area (Å²) in [5.74, 6) is 1.80. The number of ether oxygens (including phenoxy) is 3. The molecule has 0 saturated heterocycles. The van der Waals surface area contributed by atoms with Crippen LogP contribution in [0.3, 0.4) is 0 Å². The van der Waals surface area contributed by atoms with E-state index in [9.17, 15) is 4.79 Å². The van der Waals surface area contributed by atoms with Gasteiger partial charge in [-0.1, -0.05) is 48.7 Å². The first-order valence-electron chi connectivity index (χ1n) is 10.1. The van der Waals surface area contributed by atoms with Crippen molar-refractivity contribution in [2.45, 2.75) is 46.1 Å². The van der Waals surface area contributed by atoms with Crippen molar-refractivity contribution in [1.82, 2.24) is 5.32 Å². The van der Waals surface area contributed by atoms with E-state index < -0.39 is 0 Å². The minimum absolute atomic E-state index is 0.181. The van der Waals surface area contributed by atoms with Gasteiger partial charge in [0.1, 0.15) is 5.75 Å². The summed E-state index contributed by atoms with van der Waals surface area (Å²) in [6, 6.07) is 11.2. The third-order valence-electron chi connectivity index (χ3n) is 4.38. The molecule has 0 bridgehead atoms. The number of rotatable bonds is 12. The van der Waals surface area contributed by atoms with Crippen molar-refractivity contribution in [2.24, 2.45) is 0 Å². The Hall–Kier alpha value is -2.21. The van der Waals surface area contributed by atoms with E-state index in [0.717, 1.165) is 41.5 Å². The molecular formula is C23H30BrNO4. The molecule has 0 unspecified atom stereocenters. The normalized spacial score (nSPS) is 10.5. The fraction of sp³-hybridized carbons (Fsp3) is 0.435. The van der Waals surface area contributed by atoms with Crippen molar-refractivity contribution in [3.63, 3.8) is 0 Å². The maximum Gasteiger partial charge on any atom is 0.255 e. The van der Waals surface area contributed by atoms with Gasteiger partial charge in [0, 0.05) is 11.0 Å². The Balaban J connectivity index is 2.04. The molecule has 6 heteroatoms. The van der Waals surface area contributed by atoms with Crippen LogP contribution < -0.4 is 19.5 Å². The lowest BCUT2D eigenvalue weighted by Crippen LogP contribution is -2.23. The van der Waals surface area contributed by atoms with E-state index in [4.69, 9.17) is 14.2 Å². The van der Waals surface area contributed by atoms with Crippen molar-refractivity contribution in [2.75, 3.05) is 20.3 Å². The van der Waals surface area contributed by atoms with Crippen LogP contribution in [0.5, 0.6) is 17.2 Å². The standard InChI is InChI=1S/C23H30BrNO4/c1-4-6-12-28-20-11-9-18(24)15-19(20)23(26)25-16-17-8-10-21(22(14-17)27-3)29-13-7-5-2/h8-11,14-15H,4-7,12-13,16H2,1-3H3,(H,25,26). The van der Waals surface area contributed by atoms with Crippen LogP contribution in [0.25, 0.3) is 0 Å². The summed E-state index contributed by atoms with van der Waals surface area (Å²) >= 11 is 3.43. The lowest BCUT2D eigenvalue weighted by atomic mass is 10.1. The highest BCUT2D eigenvalue weighted by Crippen LogP contribution is 2.28. The minimum Gasteiger partial charge on any atom is -0.493 e. The molecule has 0 spiro atoms. The van der Waals surface area contributed by atoms with E-state index in [1.54, 1.807) is 13.2 Å². The third-order valence-corrected chi connectivity index (χ3v) is 4.87. The first-order chi connectivity index (χ1) is 14.1. The summed E-state index contributed by atoms with van der Waals surface area (Å²) in [5, 5.41) is 2.96. The largest absolute Gasteiger partial charge is 0.493 e. The highest BCUT2D eigenvalue weighted by molar-refractivity contribution is 9.10. The van der Waals surface area contributed by atoms with Crippen LogP contribution in [0, 0.1) is 0 Å². The van der Waals surface area contributed by atoms with Crippen molar-refractivity contribution < 1.29 is 19.0 Å². The van der Waals surface area contributed by atoms with E-state index in [-0.39, 0.29) is 5.91 Å². The second kappa shape index (κ2) is 12.4. The fourth-order valence-corrected chi connectivity index (χ4v) is 3.04. The van der Waals surface area contributed by atoms with Crippen LogP contribution in [-0.4, -0.2) is 26.2 Å². The maximum absolute atomic E-state index is 12.8. The van der Waals surface area contributed by atoms with Crippen molar-refractivity contribution in [3.05, 3.63) is 52.0 Å². The Morgan fingerprint density at radius 3 is 2.24 bits per heavy atom. The number of halogens is 1. The molecule has 2 rings (SSSR count). The van der Waals surface area contributed by atoms with Crippen molar-refractivity contribution >= 4 is 21.8 Å². The van der Waals surface area contributed by atoms with Crippen molar-refractivity contribution in [1.29, 1.82) is 0 Å². The van der Waals surface area contributed by atoms with Crippen LogP contribution in [0.2, 0.25) is 0 Å². The molecule has 1 amide bonds. The van der Waals surface area contributed by atoms with Crippen LogP contribution in [0.4, 0.5) is 0 Å². The molecule has 2 aromatic carbocycles. The van der Waals surface area contributed by atoms with E-state index >= 15 is 0 Å². The monoisotopic (exact) mass is 463 g/mol. The smallest absolute Gasteiger partial charge is 0.255 e. The van der Waals surface area contributed by atoms with Gasteiger partial charge in [-0.05, 0) is 48.7 Å². The number of unbranched alkanes of at least 4 members (excludes halogenated alkanes) is 2. The van der Waals surface area contributed by atoms with Gasteiger partial charge < -0.3 is 19.5 Å². The Bertz CT molecular complexity index is 794. The Morgan fingerprint density at radius 1 is 0.931 bits per heavy atom. The molecule has 0 radical (unpaired) electrons. The van der Waals surface area contributed by atoms with Crippen LogP contribution in [0.15, 0.2) is 40.9 Å². The summed E-state index contributed by atoms with van der Waals surface area (Å²) in [6.07, 6.45) is 4.06. The predicted octanol–water partition coefficient (Wildman–Crippen LogP) is 5.75. The fourth-order valence-electron chi connectivity index (χ4n) is 2.68. The van der Waals surface area contributed by atoms with Gasteiger partial charge in [0.25, 0.3) is 5.91 Å². The SMILES string of the molecule is CCCCOc1ccc(CNC(=O)c2cc(Br)ccc2OCCCC)cc1OC. The van der Waals surface area contributed by atoms with Gasteiger partial charge >= 0.3 is 0 Å². The van der Waals surface area contributed by atoms with Crippen LogP contribution in [-0.2, 0) is 6.54 Å². The molecule has 0 heterocycles. The van der Waals surface area contributed by atoms with Gasteiger partial charge in [0.2, 0.25) is 0 Å². The van der Waals surface area contributed by atoms with E-state index in [2.05, 4.69) is 35.1 Å². The minimum atomic E-state index is -0.181. The zero-order chi connectivity index (χ0) is 21.1. The second-order valence-corrected chi connectivity index (χ2v) is 7.63. The average molecular weight is 464 g/mol. The summed E-state index contributed by atoms with van der Waals surface area (Å²) in [4.78, 5) is 12.8. The summed E-state index contributed by atoms with van der Waals surface area (Å²) in [6.45, 7) is 5.86. The summed E-state index contributed by atoms with van der Waals surface area (Å²) < 4.78 is 17.8. The predicted molar refractivity (Wildman–Crippen MR) is 119 cm³/mol. The topological polar surface area (TPSA) is 56.8 Å². The van der Waals surface area contributed by atoms with E-state index in [1.165, 1.54) is 0 Å². The number of hydrogen-bond acceptors (Lipinski definition) is 4. The Kier molecular flexibility index (Phi) is 9.84. The van der Waals surface area contributed by atoms with Gasteiger partial charge in [-0.2, -0.15) is 0 Å². The number of hydrogen-bond donors (Lipinski definition) is 1. The maximum atomic E-state index is 12.8. The van der Waals surface area contributed by atoms with Crippen LogP contribution >= 0.6 is 15.9 Å². The molecular weight excluding hydrogens is 434 g/mol. The molecule has 0 fully saturated rings.